The van der Waals surface area contributed by atoms with Gasteiger partial charge in [-0.1, -0.05) is 12.1 Å². The van der Waals surface area contributed by atoms with E-state index in [1.165, 1.54) is 31.5 Å². The molecule has 0 saturated heterocycles. The highest BCUT2D eigenvalue weighted by Gasteiger charge is 2.34. The van der Waals surface area contributed by atoms with Gasteiger partial charge >= 0.3 is 12.1 Å². The van der Waals surface area contributed by atoms with Crippen LogP contribution in [0.4, 0.5) is 19.0 Å². The quantitative estimate of drug-likeness (QED) is 0.871. The van der Waals surface area contributed by atoms with Gasteiger partial charge in [0.1, 0.15) is 5.82 Å². The fourth-order valence-electron chi connectivity index (χ4n) is 2.06. The average Bonchev–Trinajstić information content (AvgIpc) is 2.53. The number of anilines is 1. The van der Waals surface area contributed by atoms with Crippen molar-refractivity contribution >= 4 is 17.7 Å². The largest absolute Gasteiger partial charge is 0.465 e. The first-order valence-corrected chi connectivity index (χ1v) is 6.76. The van der Waals surface area contributed by atoms with E-state index in [1.807, 2.05) is 0 Å². The second kappa shape index (κ2) is 6.69. The summed E-state index contributed by atoms with van der Waals surface area (Å²) in [4.78, 5) is 27.4. The van der Waals surface area contributed by atoms with Crippen LogP contribution in [0.15, 0.2) is 36.5 Å². The number of esters is 1. The van der Waals surface area contributed by atoms with Gasteiger partial charge in [-0.05, 0) is 30.7 Å². The van der Waals surface area contributed by atoms with Crippen molar-refractivity contribution in [3.05, 3.63) is 58.8 Å². The number of pyridine rings is 1. The summed E-state index contributed by atoms with van der Waals surface area (Å²) in [6, 6.07) is 5.82. The summed E-state index contributed by atoms with van der Waals surface area (Å²) in [6.07, 6.45) is -3.46. The van der Waals surface area contributed by atoms with Crippen molar-refractivity contribution in [2.75, 3.05) is 12.4 Å². The van der Waals surface area contributed by atoms with Crippen molar-refractivity contribution in [1.82, 2.24) is 4.98 Å². The number of hydrogen-bond donors (Lipinski definition) is 1. The highest BCUT2D eigenvalue weighted by Crippen LogP contribution is 2.32. The van der Waals surface area contributed by atoms with Gasteiger partial charge in [-0.25, -0.2) is 9.78 Å². The monoisotopic (exact) mass is 338 g/mol. The van der Waals surface area contributed by atoms with E-state index < -0.39 is 29.2 Å². The molecule has 0 fully saturated rings. The number of aryl methyl sites for hydroxylation is 1. The van der Waals surface area contributed by atoms with E-state index in [1.54, 1.807) is 6.92 Å². The molecule has 126 valence electrons. The Hall–Kier alpha value is -2.90. The number of benzene rings is 1. The van der Waals surface area contributed by atoms with Gasteiger partial charge in [-0.2, -0.15) is 13.2 Å². The first kappa shape index (κ1) is 17.5. The van der Waals surface area contributed by atoms with Crippen LogP contribution < -0.4 is 5.32 Å². The van der Waals surface area contributed by atoms with Crippen LogP contribution in [0.1, 0.15) is 31.8 Å². The molecule has 1 aromatic heterocycles. The van der Waals surface area contributed by atoms with Crippen molar-refractivity contribution in [3.8, 4) is 0 Å². The number of methoxy groups -OCH3 is 1. The summed E-state index contributed by atoms with van der Waals surface area (Å²) < 4.78 is 43.4. The van der Waals surface area contributed by atoms with E-state index in [9.17, 15) is 22.8 Å². The highest BCUT2D eigenvalue weighted by molar-refractivity contribution is 6.05. The molecule has 0 aliphatic rings. The molecule has 0 spiro atoms. The molecule has 0 aliphatic heterocycles. The molecule has 0 unspecified atom stereocenters. The molecule has 0 bridgehead atoms. The SMILES string of the molecule is COC(=O)c1cnc(NC(=O)c2ccccc2C(F)(F)F)cc1C. The second-order valence-corrected chi connectivity index (χ2v) is 4.87. The second-order valence-electron chi connectivity index (χ2n) is 4.87. The third-order valence-electron chi connectivity index (χ3n) is 3.23. The van der Waals surface area contributed by atoms with E-state index in [4.69, 9.17) is 0 Å². The number of aromatic nitrogens is 1. The molecule has 2 aromatic rings. The molecule has 0 atom stereocenters. The topological polar surface area (TPSA) is 68.3 Å². The molecule has 1 N–H and O–H groups in total. The Morgan fingerprint density at radius 3 is 2.42 bits per heavy atom. The van der Waals surface area contributed by atoms with Crippen molar-refractivity contribution in [2.24, 2.45) is 0 Å². The highest BCUT2D eigenvalue weighted by atomic mass is 19.4. The first-order valence-electron chi connectivity index (χ1n) is 6.76. The fourth-order valence-corrected chi connectivity index (χ4v) is 2.06. The average molecular weight is 338 g/mol. The van der Waals surface area contributed by atoms with Gasteiger partial charge in [0.2, 0.25) is 0 Å². The van der Waals surface area contributed by atoms with Gasteiger partial charge in [0, 0.05) is 6.20 Å². The molecule has 1 aromatic carbocycles. The summed E-state index contributed by atoms with van der Waals surface area (Å²) in [5.41, 5.74) is -0.880. The summed E-state index contributed by atoms with van der Waals surface area (Å²) in [6.45, 7) is 1.59. The Bertz CT molecular complexity index is 788. The predicted molar refractivity (Wildman–Crippen MR) is 79.7 cm³/mol. The molecule has 1 heterocycles. The predicted octanol–water partition coefficient (Wildman–Crippen LogP) is 3.45. The van der Waals surface area contributed by atoms with E-state index in [-0.39, 0.29) is 11.4 Å². The van der Waals surface area contributed by atoms with Gasteiger partial charge in [0.15, 0.2) is 0 Å². The maximum absolute atomic E-state index is 12.9. The maximum atomic E-state index is 12.9. The van der Waals surface area contributed by atoms with Crippen molar-refractivity contribution in [3.63, 3.8) is 0 Å². The molecule has 2 rings (SSSR count). The van der Waals surface area contributed by atoms with Crippen LogP contribution >= 0.6 is 0 Å². The summed E-state index contributed by atoms with van der Waals surface area (Å²) in [5.74, 6) is -1.51. The molecular formula is C16H13F3N2O3. The Labute approximate surface area is 135 Å². The van der Waals surface area contributed by atoms with Crippen molar-refractivity contribution in [2.45, 2.75) is 13.1 Å². The molecule has 5 nitrogen and oxygen atoms in total. The van der Waals surface area contributed by atoms with Gasteiger partial charge in [-0.15, -0.1) is 0 Å². The molecular weight excluding hydrogens is 325 g/mol. The van der Waals surface area contributed by atoms with Gasteiger partial charge in [-0.3, -0.25) is 4.79 Å². The lowest BCUT2D eigenvalue weighted by molar-refractivity contribution is -0.137. The zero-order valence-corrected chi connectivity index (χ0v) is 12.8. The Morgan fingerprint density at radius 2 is 1.83 bits per heavy atom. The number of hydrogen-bond acceptors (Lipinski definition) is 4. The van der Waals surface area contributed by atoms with Crippen LogP contribution in [-0.4, -0.2) is 24.0 Å². The van der Waals surface area contributed by atoms with Crippen LogP contribution in [0.3, 0.4) is 0 Å². The smallest absolute Gasteiger partial charge is 0.417 e. The number of ether oxygens (including phenoxy) is 1. The van der Waals surface area contributed by atoms with Crippen molar-refractivity contribution in [1.29, 1.82) is 0 Å². The first-order chi connectivity index (χ1) is 11.2. The van der Waals surface area contributed by atoms with Crippen LogP contribution in [-0.2, 0) is 10.9 Å². The van der Waals surface area contributed by atoms with Crippen LogP contribution in [0.5, 0.6) is 0 Å². The molecule has 0 aliphatic carbocycles. The number of nitrogens with one attached hydrogen (secondary N) is 1. The van der Waals surface area contributed by atoms with E-state index in [2.05, 4.69) is 15.0 Å². The molecule has 8 heteroatoms. The number of carbonyl (C=O) groups excluding carboxylic acids is 2. The Morgan fingerprint density at radius 1 is 1.17 bits per heavy atom. The number of alkyl halides is 3. The normalized spacial score (nSPS) is 11.0. The lowest BCUT2D eigenvalue weighted by atomic mass is 10.1. The number of rotatable bonds is 3. The number of nitrogens with zero attached hydrogens (tertiary/aromatic N) is 1. The number of amides is 1. The molecule has 0 radical (unpaired) electrons. The summed E-state index contributed by atoms with van der Waals surface area (Å²) in [7, 11) is 1.21. The molecule has 24 heavy (non-hydrogen) atoms. The van der Waals surface area contributed by atoms with Crippen molar-refractivity contribution < 1.29 is 27.5 Å². The third-order valence-corrected chi connectivity index (χ3v) is 3.23. The van der Waals surface area contributed by atoms with E-state index in [0.29, 0.717) is 5.56 Å². The fraction of sp³-hybridized carbons (Fsp3) is 0.188. The molecule has 1 amide bonds. The standard InChI is InChI=1S/C16H13F3N2O3/c1-9-7-13(20-8-11(9)15(23)24-2)21-14(22)10-5-3-4-6-12(10)16(17,18)19/h3-8H,1-2H3,(H,20,21,22). The van der Waals surface area contributed by atoms with E-state index in [0.717, 1.165) is 12.1 Å². The zero-order chi connectivity index (χ0) is 17.9. The van der Waals surface area contributed by atoms with Gasteiger partial charge < -0.3 is 10.1 Å². The van der Waals surface area contributed by atoms with Crippen LogP contribution in [0.25, 0.3) is 0 Å². The lowest BCUT2D eigenvalue weighted by Gasteiger charge is -2.13. The minimum Gasteiger partial charge on any atom is -0.465 e. The Kier molecular flexibility index (Phi) is 4.87. The van der Waals surface area contributed by atoms with Gasteiger partial charge in [0.05, 0.1) is 23.8 Å². The number of carbonyl (C=O) groups is 2. The summed E-state index contributed by atoms with van der Waals surface area (Å²) >= 11 is 0. The van der Waals surface area contributed by atoms with Crippen LogP contribution in [0, 0.1) is 6.92 Å². The number of halogens is 3. The van der Waals surface area contributed by atoms with E-state index >= 15 is 0 Å². The zero-order valence-electron chi connectivity index (χ0n) is 12.8. The lowest BCUT2D eigenvalue weighted by Crippen LogP contribution is -2.19. The molecule has 0 saturated carbocycles. The van der Waals surface area contributed by atoms with Gasteiger partial charge in [0.25, 0.3) is 5.91 Å². The summed E-state index contributed by atoms with van der Waals surface area (Å²) in [5, 5.41) is 2.29. The minimum absolute atomic E-state index is 0.0298. The maximum Gasteiger partial charge on any atom is 0.417 e. The minimum atomic E-state index is -4.65. The Balaban J connectivity index is 2.28. The van der Waals surface area contributed by atoms with Crippen LogP contribution in [0.2, 0.25) is 0 Å². The third kappa shape index (κ3) is 3.70.